The lowest BCUT2D eigenvalue weighted by molar-refractivity contribution is 0.590. The zero-order chi connectivity index (χ0) is 49.2. The van der Waals surface area contributed by atoms with Crippen LogP contribution in [0.4, 0.5) is 17.1 Å². The third-order valence-corrected chi connectivity index (χ3v) is 17.7. The minimum Gasteiger partial charge on any atom is -0.311 e. The molecule has 3 nitrogen and oxygen atoms in total. The molecule has 10 aromatic carbocycles. The molecule has 0 bridgehead atoms. The third kappa shape index (κ3) is 5.21. The van der Waals surface area contributed by atoms with Crippen molar-refractivity contribution in [1.29, 1.82) is 0 Å². The van der Waals surface area contributed by atoms with Gasteiger partial charge in [-0.2, -0.15) is 0 Å². The first kappa shape index (κ1) is 41.5. The first-order valence-electron chi connectivity index (χ1n) is 26.3. The van der Waals surface area contributed by atoms with Crippen LogP contribution in [-0.2, 0) is 16.2 Å². The molecule has 2 aromatic heterocycles. The molecule has 16 rings (SSSR count). The highest BCUT2D eigenvalue weighted by atomic mass is 15.2. The van der Waals surface area contributed by atoms with Gasteiger partial charge in [0, 0.05) is 55.2 Å². The molecule has 0 atom stereocenters. The molecule has 0 radical (unpaired) electrons. The smallest absolute Gasteiger partial charge is 0.252 e. The molecule has 0 saturated carbocycles. The highest BCUT2D eigenvalue weighted by Gasteiger charge is 2.45. The molecule has 0 amide bonds. The number of aromatic nitrogens is 2. The largest absolute Gasteiger partial charge is 0.311 e. The van der Waals surface area contributed by atoms with Gasteiger partial charge in [-0.25, -0.2) is 0 Å². The van der Waals surface area contributed by atoms with Gasteiger partial charge < -0.3 is 14.0 Å². The van der Waals surface area contributed by atoms with E-state index in [1.807, 2.05) is 0 Å². The molecular weight excluding hydrogens is 882 g/mol. The van der Waals surface area contributed by atoms with Crippen LogP contribution in [0.15, 0.2) is 182 Å². The normalized spacial score (nSPS) is 14.6. The second kappa shape index (κ2) is 13.7. The van der Waals surface area contributed by atoms with Crippen LogP contribution in [-0.4, -0.2) is 15.8 Å². The molecular formula is C69H54BN3. The maximum Gasteiger partial charge on any atom is 0.252 e. The van der Waals surface area contributed by atoms with E-state index in [9.17, 15) is 0 Å². The number of hydrogen-bond donors (Lipinski definition) is 0. The van der Waals surface area contributed by atoms with Crippen molar-refractivity contribution in [3.8, 4) is 44.8 Å². The number of fused-ring (bicyclic) bond motifs is 14. The van der Waals surface area contributed by atoms with E-state index in [2.05, 4.69) is 251 Å². The molecule has 4 heterocycles. The number of para-hydroxylation sites is 1. The van der Waals surface area contributed by atoms with E-state index < -0.39 is 0 Å². The van der Waals surface area contributed by atoms with E-state index in [-0.39, 0.29) is 23.0 Å². The number of rotatable bonds is 2. The van der Waals surface area contributed by atoms with Crippen LogP contribution in [0.1, 0.15) is 77.6 Å². The average molecular weight is 936 g/mol. The number of hydrogen-bond acceptors (Lipinski definition) is 1. The fourth-order valence-electron chi connectivity index (χ4n) is 14.4. The summed E-state index contributed by atoms with van der Waals surface area (Å²) in [5.74, 6) is 0. The maximum atomic E-state index is 2.73. The van der Waals surface area contributed by atoms with Crippen LogP contribution < -0.4 is 21.3 Å². The standard InChI is InChI=1S/C69H54BN3/c1-67(2,3)40-27-30-42(31-28-40)71-55-35-29-41(68(4,5)6)36-54(55)70-53-24-14-22-50-51-33-32-49-46-19-11-12-23-52(46)69(7,8)63(49)66(51)73(65(50)53)59-38-43(37-58(71)64(59)70)72-56-25-15-21-48-45-18-10-9-17-44(45)47-20-13-16-39-26-34-57(72)62(60(39)47)61(48)56/h9-38H,1-8H3. The van der Waals surface area contributed by atoms with E-state index in [1.165, 1.54) is 149 Å². The zero-order valence-corrected chi connectivity index (χ0v) is 42.7. The van der Waals surface area contributed by atoms with Gasteiger partial charge in [-0.05, 0) is 136 Å². The predicted octanol–water partition coefficient (Wildman–Crippen LogP) is 16.2. The lowest BCUT2D eigenvalue weighted by Gasteiger charge is -2.41. The topological polar surface area (TPSA) is 13.1 Å². The molecule has 0 unspecified atom stereocenters. The molecule has 0 spiro atoms. The Bertz CT molecular complexity index is 4490. The van der Waals surface area contributed by atoms with Gasteiger partial charge in [-0.1, -0.05) is 195 Å². The molecule has 4 aliphatic rings. The van der Waals surface area contributed by atoms with Crippen LogP contribution in [0.25, 0.3) is 99.1 Å². The van der Waals surface area contributed by atoms with Gasteiger partial charge in [-0.3, -0.25) is 0 Å². The van der Waals surface area contributed by atoms with Crippen molar-refractivity contribution in [2.75, 3.05) is 4.90 Å². The second-order valence-corrected chi connectivity index (χ2v) is 24.1. The average Bonchev–Trinajstić information content (AvgIpc) is 3.96. The van der Waals surface area contributed by atoms with E-state index in [0.29, 0.717) is 0 Å². The van der Waals surface area contributed by atoms with Gasteiger partial charge in [0.2, 0.25) is 0 Å². The van der Waals surface area contributed by atoms with Crippen molar-refractivity contribution in [3.63, 3.8) is 0 Å². The van der Waals surface area contributed by atoms with Crippen molar-refractivity contribution >= 4 is 94.5 Å². The van der Waals surface area contributed by atoms with Gasteiger partial charge in [0.25, 0.3) is 6.71 Å². The summed E-state index contributed by atoms with van der Waals surface area (Å²) in [5.41, 5.74) is 28.3. The van der Waals surface area contributed by atoms with Crippen LogP contribution in [0.5, 0.6) is 0 Å². The van der Waals surface area contributed by atoms with Crippen molar-refractivity contribution in [2.45, 2.75) is 71.6 Å². The molecule has 348 valence electrons. The van der Waals surface area contributed by atoms with Gasteiger partial charge in [0.15, 0.2) is 0 Å². The highest BCUT2D eigenvalue weighted by Crippen LogP contribution is 2.55. The lowest BCUT2D eigenvalue weighted by atomic mass is 9.33. The van der Waals surface area contributed by atoms with E-state index in [0.717, 1.165) is 5.69 Å². The van der Waals surface area contributed by atoms with Crippen molar-refractivity contribution in [1.82, 2.24) is 9.13 Å². The second-order valence-electron chi connectivity index (χ2n) is 24.1. The van der Waals surface area contributed by atoms with Crippen molar-refractivity contribution in [3.05, 3.63) is 204 Å². The molecule has 0 N–H and O–H groups in total. The fraction of sp³-hybridized carbons (Fsp3) is 0.159. The van der Waals surface area contributed by atoms with Gasteiger partial charge in [0.05, 0.1) is 22.2 Å². The Balaban J connectivity index is 1.10. The Morgan fingerprint density at radius 1 is 0.411 bits per heavy atom. The van der Waals surface area contributed by atoms with E-state index in [1.54, 1.807) is 0 Å². The summed E-state index contributed by atoms with van der Waals surface area (Å²) in [7, 11) is 0. The number of benzene rings is 10. The summed E-state index contributed by atoms with van der Waals surface area (Å²) in [4.78, 5) is 2.61. The summed E-state index contributed by atoms with van der Waals surface area (Å²) in [6, 6.07) is 70.8. The van der Waals surface area contributed by atoms with Crippen molar-refractivity contribution < 1.29 is 0 Å². The first-order chi connectivity index (χ1) is 35.3. The van der Waals surface area contributed by atoms with E-state index in [4.69, 9.17) is 0 Å². The van der Waals surface area contributed by atoms with Gasteiger partial charge in [-0.15, -0.1) is 0 Å². The van der Waals surface area contributed by atoms with Gasteiger partial charge >= 0.3 is 0 Å². The van der Waals surface area contributed by atoms with E-state index >= 15 is 0 Å². The molecule has 2 aliphatic carbocycles. The summed E-state index contributed by atoms with van der Waals surface area (Å²) in [5, 5.41) is 7.86. The minimum absolute atomic E-state index is 0.00132. The zero-order valence-electron chi connectivity index (χ0n) is 42.7. The Hall–Kier alpha value is -8.08. The van der Waals surface area contributed by atoms with Crippen molar-refractivity contribution in [2.24, 2.45) is 0 Å². The Morgan fingerprint density at radius 3 is 1.82 bits per heavy atom. The van der Waals surface area contributed by atoms with Crippen LogP contribution >= 0.6 is 0 Å². The third-order valence-electron chi connectivity index (χ3n) is 17.7. The van der Waals surface area contributed by atoms with Gasteiger partial charge in [0.1, 0.15) is 0 Å². The summed E-state index contributed by atoms with van der Waals surface area (Å²) >= 11 is 0. The molecule has 12 aromatic rings. The minimum atomic E-state index is -0.227. The molecule has 73 heavy (non-hydrogen) atoms. The molecule has 0 fully saturated rings. The molecule has 2 aliphatic heterocycles. The summed E-state index contributed by atoms with van der Waals surface area (Å²) in [6.07, 6.45) is 0. The van der Waals surface area contributed by atoms with Crippen LogP contribution in [0.2, 0.25) is 0 Å². The maximum absolute atomic E-state index is 2.73. The van der Waals surface area contributed by atoms with Crippen LogP contribution in [0.3, 0.4) is 0 Å². The quantitative estimate of drug-likeness (QED) is 0.157. The lowest BCUT2D eigenvalue weighted by Crippen LogP contribution is -2.60. The van der Waals surface area contributed by atoms with Crippen LogP contribution in [0, 0.1) is 0 Å². The number of nitrogens with zero attached hydrogens (tertiary/aromatic N) is 3. The monoisotopic (exact) mass is 935 g/mol. The SMILES string of the molecule is CC(C)(C)c1ccc(N2c3ccc(C(C)(C)C)cc3B3c4c2cc(-n2c5cccc6c5c5c7c(cccc7ccc52)-c2ccccc2-6)cc4-n2c4c3cccc4c3ccc4c(c32)C(C)(C)c2ccccc2-4)cc1. The Morgan fingerprint density at radius 2 is 1.05 bits per heavy atom. The summed E-state index contributed by atoms with van der Waals surface area (Å²) in [6.45, 7) is 18.9. The molecule has 0 saturated heterocycles. The first-order valence-corrected chi connectivity index (χ1v) is 26.3. The Labute approximate surface area is 427 Å². The predicted molar refractivity (Wildman–Crippen MR) is 311 cm³/mol. The fourth-order valence-corrected chi connectivity index (χ4v) is 14.4. The summed E-state index contributed by atoms with van der Waals surface area (Å²) < 4.78 is 5.34. The number of anilines is 3. The highest BCUT2D eigenvalue weighted by molar-refractivity contribution is 7.00. The molecule has 4 heteroatoms. The Kier molecular flexibility index (Phi) is 7.79.